The summed E-state index contributed by atoms with van der Waals surface area (Å²) in [5.41, 5.74) is 1.38. The molecule has 1 rings (SSSR count). The summed E-state index contributed by atoms with van der Waals surface area (Å²) in [6.45, 7) is 0. The Hall–Kier alpha value is 0.610. The average molecular weight is 282 g/mol. The first kappa shape index (κ1) is 8.70. The van der Waals surface area contributed by atoms with Gasteiger partial charge in [0.1, 0.15) is 0 Å². The molecule has 0 unspecified atom stereocenters. The zero-order chi connectivity index (χ0) is 7.40. The molecule has 0 fully saturated rings. The topological polar surface area (TPSA) is 0 Å². The van der Waals surface area contributed by atoms with E-state index in [1.807, 2.05) is 6.07 Å². The van der Waals surface area contributed by atoms with Gasteiger partial charge in [0, 0.05) is 11.5 Å². The van der Waals surface area contributed by atoms with E-state index in [1.54, 1.807) is 0 Å². The van der Waals surface area contributed by atoms with Gasteiger partial charge in [-0.3, -0.25) is 0 Å². The van der Waals surface area contributed by atoms with Crippen LogP contribution < -0.4 is 0 Å². The van der Waals surface area contributed by atoms with Gasteiger partial charge in [0.25, 0.3) is 0 Å². The van der Waals surface area contributed by atoms with Crippen LogP contribution in [0.25, 0.3) is 0 Å². The van der Waals surface area contributed by atoms with Crippen LogP contribution in [0.3, 0.4) is 0 Å². The van der Waals surface area contributed by atoms with E-state index in [2.05, 4.69) is 55.2 Å². The highest BCUT2D eigenvalue weighted by Crippen LogP contribution is 2.54. The second kappa shape index (κ2) is 4.48. The Morgan fingerprint density at radius 2 is 1.70 bits per heavy atom. The first-order valence-electron chi connectivity index (χ1n) is 2.92. The molecule has 0 atom stereocenters. The van der Waals surface area contributed by atoms with Crippen molar-refractivity contribution in [3.05, 3.63) is 35.9 Å². The van der Waals surface area contributed by atoms with Gasteiger partial charge in [-0.25, -0.2) is 0 Å². The highest BCUT2D eigenvalue weighted by Gasteiger charge is 1.97. The smallest absolute Gasteiger partial charge is 0.0391 e. The molecule has 10 heavy (non-hydrogen) atoms. The Kier molecular flexibility index (Phi) is 3.90. The molecule has 3 heteroatoms. The lowest BCUT2D eigenvalue weighted by molar-refractivity contribution is 1.42. The zero-order valence-corrected chi connectivity index (χ0v) is 9.36. The maximum atomic E-state index is 3.49. The van der Waals surface area contributed by atoms with Gasteiger partial charge >= 0.3 is 0 Å². The highest BCUT2D eigenvalue weighted by atomic mass is 79.9. The molecule has 0 N–H and O–H groups in total. The predicted molar refractivity (Wildman–Crippen MR) is 54.9 cm³/mol. The lowest BCUT2D eigenvalue weighted by atomic mass is 10.2. The predicted octanol–water partition coefficient (Wildman–Crippen LogP) is 4.29. The van der Waals surface area contributed by atoms with E-state index < -0.39 is 0 Å². The molecule has 1 aromatic rings. The van der Waals surface area contributed by atoms with Crippen molar-refractivity contribution in [1.29, 1.82) is 0 Å². The summed E-state index contributed by atoms with van der Waals surface area (Å²) in [4.78, 5) is 0. The molecule has 0 aliphatic rings. The Morgan fingerprint density at radius 1 is 1.10 bits per heavy atom. The fourth-order valence-electron chi connectivity index (χ4n) is 0.721. The molecule has 0 saturated carbocycles. The quantitative estimate of drug-likeness (QED) is 0.710. The van der Waals surface area contributed by atoms with E-state index in [0.717, 1.165) is 6.16 Å². The van der Waals surface area contributed by atoms with Crippen molar-refractivity contribution in [3.63, 3.8) is 0 Å². The van der Waals surface area contributed by atoms with Crippen LogP contribution in [0.2, 0.25) is 0 Å². The fraction of sp³-hybridized carbons (Fsp3) is 0.143. The first-order chi connectivity index (χ1) is 4.79. The van der Waals surface area contributed by atoms with Crippen molar-refractivity contribution in [2.75, 3.05) is 0 Å². The van der Waals surface area contributed by atoms with Crippen molar-refractivity contribution < 1.29 is 0 Å². The molecule has 0 bridgehead atoms. The molecule has 0 amide bonds. The van der Waals surface area contributed by atoms with Crippen LogP contribution in [0.15, 0.2) is 30.3 Å². The standard InChI is InChI=1S/C7H7Br2P/c8-10(9)6-7-4-2-1-3-5-7/h1-5H,6H2. The average Bonchev–Trinajstić information content (AvgIpc) is 1.88. The van der Waals surface area contributed by atoms with E-state index in [-0.39, 0.29) is 5.33 Å². The van der Waals surface area contributed by atoms with Crippen molar-refractivity contribution in [3.8, 4) is 0 Å². The Morgan fingerprint density at radius 3 is 2.20 bits per heavy atom. The molecule has 0 nitrogen and oxygen atoms in total. The summed E-state index contributed by atoms with van der Waals surface area (Å²) >= 11 is 6.99. The Bertz CT molecular complexity index is 186. The minimum atomic E-state index is -0.152. The molecular formula is C7H7Br2P. The molecule has 0 radical (unpaired) electrons. The van der Waals surface area contributed by atoms with Crippen LogP contribution in [0.1, 0.15) is 5.56 Å². The van der Waals surface area contributed by atoms with Gasteiger partial charge in [0.15, 0.2) is 0 Å². The summed E-state index contributed by atoms with van der Waals surface area (Å²) in [6.07, 6.45) is 1.09. The Balaban J connectivity index is 2.59. The van der Waals surface area contributed by atoms with Crippen molar-refractivity contribution in [2.45, 2.75) is 6.16 Å². The van der Waals surface area contributed by atoms with E-state index in [4.69, 9.17) is 0 Å². The summed E-state index contributed by atoms with van der Waals surface area (Å²) in [7, 11) is 0. The maximum absolute atomic E-state index is 3.49. The van der Waals surface area contributed by atoms with Crippen molar-refractivity contribution in [1.82, 2.24) is 0 Å². The minimum absolute atomic E-state index is 0.152. The Labute approximate surface area is 78.3 Å². The number of hydrogen-bond acceptors (Lipinski definition) is 0. The molecule has 0 spiro atoms. The number of benzene rings is 1. The van der Waals surface area contributed by atoms with Crippen LogP contribution in [-0.4, -0.2) is 0 Å². The van der Waals surface area contributed by atoms with Gasteiger partial charge in [-0.15, -0.1) is 0 Å². The maximum Gasteiger partial charge on any atom is 0.0391 e. The van der Waals surface area contributed by atoms with Gasteiger partial charge in [0.05, 0.1) is 0 Å². The second-order valence-electron chi connectivity index (χ2n) is 1.95. The lowest BCUT2D eigenvalue weighted by Crippen LogP contribution is -1.74. The third-order valence-electron chi connectivity index (χ3n) is 1.14. The highest BCUT2D eigenvalue weighted by molar-refractivity contribution is 9.69. The SMILES string of the molecule is BrP(Br)Cc1ccccc1. The lowest BCUT2D eigenvalue weighted by Gasteiger charge is -1.99. The number of rotatable bonds is 2. The van der Waals surface area contributed by atoms with Crippen molar-refractivity contribution >= 4 is 36.3 Å². The second-order valence-corrected chi connectivity index (χ2v) is 10.9. The fourth-order valence-corrected chi connectivity index (χ4v) is 2.95. The van der Waals surface area contributed by atoms with Crippen LogP contribution in [-0.2, 0) is 6.16 Å². The molecule has 0 aromatic heterocycles. The van der Waals surface area contributed by atoms with E-state index in [0.29, 0.717) is 0 Å². The largest absolute Gasteiger partial charge is 0.0622 e. The molecule has 0 saturated heterocycles. The van der Waals surface area contributed by atoms with E-state index >= 15 is 0 Å². The van der Waals surface area contributed by atoms with E-state index in [9.17, 15) is 0 Å². The van der Waals surface area contributed by atoms with Gasteiger partial charge in [0.2, 0.25) is 0 Å². The van der Waals surface area contributed by atoms with Crippen LogP contribution in [0, 0.1) is 0 Å². The van der Waals surface area contributed by atoms with Gasteiger partial charge in [-0.2, -0.15) is 0 Å². The summed E-state index contributed by atoms with van der Waals surface area (Å²) in [5, 5.41) is -0.152. The zero-order valence-electron chi connectivity index (χ0n) is 5.30. The molecule has 0 aliphatic heterocycles. The van der Waals surface area contributed by atoms with E-state index in [1.165, 1.54) is 5.56 Å². The molecule has 1 aromatic carbocycles. The molecular weight excluding hydrogens is 275 g/mol. The van der Waals surface area contributed by atoms with Crippen LogP contribution >= 0.6 is 36.3 Å². The monoisotopic (exact) mass is 280 g/mol. The van der Waals surface area contributed by atoms with Gasteiger partial charge < -0.3 is 0 Å². The van der Waals surface area contributed by atoms with Crippen LogP contribution in [0.4, 0.5) is 0 Å². The molecule has 54 valence electrons. The normalized spacial score (nSPS) is 10.3. The number of halogens is 2. The van der Waals surface area contributed by atoms with Gasteiger partial charge in [-0.1, -0.05) is 30.3 Å². The third kappa shape index (κ3) is 3.14. The molecule has 0 aliphatic carbocycles. The van der Waals surface area contributed by atoms with Gasteiger partial charge in [-0.05, 0) is 36.5 Å². The third-order valence-corrected chi connectivity index (χ3v) is 3.25. The number of hydrogen-bond donors (Lipinski definition) is 0. The summed E-state index contributed by atoms with van der Waals surface area (Å²) in [5.74, 6) is 0. The summed E-state index contributed by atoms with van der Waals surface area (Å²) in [6, 6.07) is 10.4. The molecule has 0 heterocycles. The summed E-state index contributed by atoms with van der Waals surface area (Å²) < 4.78 is 0. The minimum Gasteiger partial charge on any atom is -0.0622 e. The van der Waals surface area contributed by atoms with Crippen molar-refractivity contribution in [2.24, 2.45) is 0 Å². The van der Waals surface area contributed by atoms with Crippen LogP contribution in [0.5, 0.6) is 0 Å². The first-order valence-corrected chi connectivity index (χ1v) is 8.48.